The lowest BCUT2D eigenvalue weighted by Crippen LogP contribution is -2.27. The first kappa shape index (κ1) is 13.4. The van der Waals surface area contributed by atoms with E-state index in [1.807, 2.05) is 12.3 Å². The van der Waals surface area contributed by atoms with Crippen molar-refractivity contribution in [2.24, 2.45) is 5.84 Å². The van der Waals surface area contributed by atoms with E-state index in [1.165, 1.54) is 12.4 Å². The lowest BCUT2D eigenvalue weighted by atomic mass is 10.3. The molecule has 7 nitrogen and oxygen atoms in total. The fourth-order valence-electron chi connectivity index (χ4n) is 1.46. The highest BCUT2D eigenvalue weighted by atomic mass is 32.1. The van der Waals surface area contributed by atoms with Crippen LogP contribution in [0.25, 0.3) is 0 Å². The van der Waals surface area contributed by atoms with Crippen LogP contribution in [-0.4, -0.2) is 27.4 Å². The van der Waals surface area contributed by atoms with E-state index in [-0.39, 0.29) is 11.6 Å². The van der Waals surface area contributed by atoms with Crippen LogP contribution in [0, 0.1) is 6.92 Å². The Hall–Kier alpha value is -2.06. The third-order valence-electron chi connectivity index (χ3n) is 2.35. The number of rotatable bonds is 5. The van der Waals surface area contributed by atoms with Crippen LogP contribution in [-0.2, 0) is 6.42 Å². The molecule has 2 rings (SSSR count). The number of nitrogens with two attached hydrogens (primary N) is 1. The summed E-state index contributed by atoms with van der Waals surface area (Å²) in [5, 5.41) is 5.77. The normalized spacial score (nSPS) is 10.2. The number of hydrogen-bond acceptors (Lipinski definition) is 7. The fraction of sp³-hybridized carbons (Fsp3) is 0.273. The summed E-state index contributed by atoms with van der Waals surface area (Å²) in [6, 6.07) is 0. The number of aromatic nitrogens is 3. The molecule has 0 atom stereocenters. The Morgan fingerprint density at radius 3 is 2.95 bits per heavy atom. The Balaban J connectivity index is 1.87. The van der Waals surface area contributed by atoms with Gasteiger partial charge >= 0.3 is 0 Å². The zero-order chi connectivity index (χ0) is 13.7. The van der Waals surface area contributed by atoms with Crippen molar-refractivity contribution in [3.63, 3.8) is 0 Å². The summed E-state index contributed by atoms with van der Waals surface area (Å²) in [4.78, 5) is 24.0. The number of carbonyl (C=O) groups is 1. The average molecular weight is 278 g/mol. The van der Waals surface area contributed by atoms with Crippen LogP contribution >= 0.6 is 11.3 Å². The van der Waals surface area contributed by atoms with Gasteiger partial charge in [-0.15, -0.1) is 11.3 Å². The highest BCUT2D eigenvalue weighted by Crippen LogP contribution is 2.07. The molecule has 0 aliphatic heterocycles. The van der Waals surface area contributed by atoms with Crippen molar-refractivity contribution in [2.75, 3.05) is 12.0 Å². The van der Waals surface area contributed by atoms with Crippen molar-refractivity contribution in [3.05, 3.63) is 34.2 Å². The van der Waals surface area contributed by atoms with Crippen LogP contribution in [0.1, 0.15) is 21.2 Å². The highest BCUT2D eigenvalue weighted by molar-refractivity contribution is 7.09. The van der Waals surface area contributed by atoms with Gasteiger partial charge in [0.05, 0.1) is 23.1 Å². The summed E-state index contributed by atoms with van der Waals surface area (Å²) >= 11 is 1.60. The number of nitrogens with zero attached hydrogens (tertiary/aromatic N) is 3. The molecule has 4 N–H and O–H groups in total. The van der Waals surface area contributed by atoms with Crippen molar-refractivity contribution in [2.45, 2.75) is 13.3 Å². The van der Waals surface area contributed by atoms with Gasteiger partial charge in [0, 0.05) is 18.3 Å². The SMILES string of the molecule is Cc1nc(CCNC(=O)c2cncc(NN)n2)cs1. The second kappa shape index (κ2) is 6.21. The number of nitrogens with one attached hydrogen (secondary N) is 2. The van der Waals surface area contributed by atoms with Gasteiger partial charge in [-0.25, -0.2) is 15.8 Å². The maximum atomic E-state index is 11.8. The molecular formula is C11H14N6OS. The molecule has 0 unspecified atom stereocenters. The summed E-state index contributed by atoms with van der Waals surface area (Å²) in [5.74, 6) is 5.27. The van der Waals surface area contributed by atoms with E-state index in [4.69, 9.17) is 5.84 Å². The molecule has 19 heavy (non-hydrogen) atoms. The van der Waals surface area contributed by atoms with Gasteiger partial charge in [-0.2, -0.15) is 0 Å². The molecule has 100 valence electrons. The van der Waals surface area contributed by atoms with E-state index >= 15 is 0 Å². The minimum absolute atomic E-state index is 0.227. The monoisotopic (exact) mass is 278 g/mol. The van der Waals surface area contributed by atoms with Crippen LogP contribution < -0.4 is 16.6 Å². The molecule has 0 aliphatic carbocycles. The summed E-state index contributed by atoms with van der Waals surface area (Å²) in [5.41, 5.74) is 3.55. The van der Waals surface area contributed by atoms with Gasteiger partial charge in [-0.1, -0.05) is 0 Å². The first-order valence-corrected chi connectivity index (χ1v) is 6.55. The second-order valence-corrected chi connectivity index (χ2v) is 4.86. The molecule has 2 heterocycles. The third kappa shape index (κ3) is 3.70. The number of nitrogen functional groups attached to an aromatic ring is 1. The van der Waals surface area contributed by atoms with E-state index < -0.39 is 0 Å². The Morgan fingerprint density at radius 2 is 2.26 bits per heavy atom. The zero-order valence-electron chi connectivity index (χ0n) is 10.4. The van der Waals surface area contributed by atoms with Crippen molar-refractivity contribution >= 4 is 23.1 Å². The number of aryl methyl sites for hydroxylation is 1. The lowest BCUT2D eigenvalue weighted by molar-refractivity contribution is 0.0949. The standard InChI is InChI=1S/C11H14N6OS/c1-7-15-8(6-19-7)2-3-14-11(18)9-4-13-5-10(16-9)17-12/h4-6H,2-3,12H2,1H3,(H,14,18)(H,16,17). The average Bonchev–Trinajstić information content (AvgIpc) is 2.84. The summed E-state index contributed by atoms with van der Waals surface area (Å²) in [7, 11) is 0. The van der Waals surface area contributed by atoms with E-state index in [2.05, 4.69) is 25.7 Å². The van der Waals surface area contributed by atoms with Crippen LogP contribution in [0.2, 0.25) is 0 Å². The maximum Gasteiger partial charge on any atom is 0.271 e. The third-order valence-corrected chi connectivity index (χ3v) is 3.17. The lowest BCUT2D eigenvalue weighted by Gasteiger charge is -2.04. The molecule has 0 aromatic carbocycles. The van der Waals surface area contributed by atoms with Crippen molar-refractivity contribution < 1.29 is 4.79 Å². The molecule has 2 aromatic rings. The number of hydrazine groups is 1. The van der Waals surface area contributed by atoms with Gasteiger partial charge in [-0.3, -0.25) is 9.78 Å². The van der Waals surface area contributed by atoms with Crippen LogP contribution in [0.15, 0.2) is 17.8 Å². The number of carbonyl (C=O) groups excluding carboxylic acids is 1. The maximum absolute atomic E-state index is 11.8. The molecule has 8 heteroatoms. The molecule has 0 aliphatic rings. The minimum atomic E-state index is -0.281. The number of anilines is 1. The molecule has 1 amide bonds. The van der Waals surface area contributed by atoms with Gasteiger partial charge < -0.3 is 10.7 Å². The minimum Gasteiger partial charge on any atom is -0.350 e. The summed E-state index contributed by atoms with van der Waals surface area (Å²) in [6.07, 6.45) is 3.52. The molecule has 0 spiro atoms. The molecule has 0 radical (unpaired) electrons. The molecule has 2 aromatic heterocycles. The summed E-state index contributed by atoms with van der Waals surface area (Å²) < 4.78 is 0. The topological polar surface area (TPSA) is 106 Å². The smallest absolute Gasteiger partial charge is 0.271 e. The van der Waals surface area contributed by atoms with Gasteiger partial charge in [0.25, 0.3) is 5.91 Å². The Morgan fingerprint density at radius 1 is 1.42 bits per heavy atom. The number of thiazole rings is 1. The van der Waals surface area contributed by atoms with Crippen LogP contribution in [0.3, 0.4) is 0 Å². The van der Waals surface area contributed by atoms with Crippen LogP contribution in [0.4, 0.5) is 5.82 Å². The quantitative estimate of drug-likeness (QED) is 0.543. The largest absolute Gasteiger partial charge is 0.350 e. The van der Waals surface area contributed by atoms with Gasteiger partial charge in [-0.05, 0) is 6.92 Å². The Kier molecular flexibility index (Phi) is 4.37. The first-order chi connectivity index (χ1) is 9.19. The van der Waals surface area contributed by atoms with E-state index in [0.717, 1.165) is 10.7 Å². The van der Waals surface area contributed by atoms with E-state index in [1.54, 1.807) is 11.3 Å². The first-order valence-electron chi connectivity index (χ1n) is 5.67. The molecule has 0 bridgehead atoms. The van der Waals surface area contributed by atoms with Crippen molar-refractivity contribution in [1.29, 1.82) is 0 Å². The molecule has 0 fully saturated rings. The van der Waals surface area contributed by atoms with Crippen molar-refractivity contribution in [1.82, 2.24) is 20.3 Å². The Bertz CT molecular complexity index is 570. The van der Waals surface area contributed by atoms with E-state index in [9.17, 15) is 4.79 Å². The number of hydrogen-bond donors (Lipinski definition) is 3. The predicted octanol–water partition coefficient (Wildman–Crippen LogP) is 0.500. The second-order valence-electron chi connectivity index (χ2n) is 3.80. The zero-order valence-corrected chi connectivity index (χ0v) is 11.2. The van der Waals surface area contributed by atoms with Crippen molar-refractivity contribution in [3.8, 4) is 0 Å². The molecule has 0 saturated heterocycles. The van der Waals surface area contributed by atoms with Gasteiger partial charge in [0.15, 0.2) is 5.82 Å². The molecule has 0 saturated carbocycles. The summed E-state index contributed by atoms with van der Waals surface area (Å²) in [6.45, 7) is 2.46. The fourth-order valence-corrected chi connectivity index (χ4v) is 2.11. The Labute approximate surface area is 114 Å². The van der Waals surface area contributed by atoms with Crippen LogP contribution in [0.5, 0.6) is 0 Å². The highest BCUT2D eigenvalue weighted by Gasteiger charge is 2.08. The van der Waals surface area contributed by atoms with Gasteiger partial charge in [0.1, 0.15) is 5.69 Å². The predicted molar refractivity (Wildman–Crippen MR) is 72.7 cm³/mol. The number of amides is 1. The molecular weight excluding hydrogens is 264 g/mol. The van der Waals surface area contributed by atoms with Gasteiger partial charge in [0.2, 0.25) is 0 Å². The van der Waals surface area contributed by atoms with E-state index in [0.29, 0.717) is 18.8 Å².